The molecule has 1 atom stereocenters. The van der Waals surface area contributed by atoms with E-state index >= 15 is 0 Å². The first kappa shape index (κ1) is 19.3. The molecule has 1 rings (SSSR count). The predicted octanol–water partition coefficient (Wildman–Crippen LogP) is 3.08. The van der Waals surface area contributed by atoms with E-state index in [1.54, 1.807) is 24.3 Å². The highest BCUT2D eigenvalue weighted by Crippen LogP contribution is 2.13. The van der Waals surface area contributed by atoms with Gasteiger partial charge in [0.15, 0.2) is 5.78 Å². The summed E-state index contributed by atoms with van der Waals surface area (Å²) in [6.07, 6.45) is 7.85. The van der Waals surface area contributed by atoms with E-state index < -0.39 is 12.0 Å². The summed E-state index contributed by atoms with van der Waals surface area (Å²) in [5, 5.41) is 8.96. The van der Waals surface area contributed by atoms with Gasteiger partial charge in [-0.3, -0.25) is 15.4 Å². The Morgan fingerprint density at radius 2 is 1.70 bits per heavy atom. The molecule has 23 heavy (non-hydrogen) atoms. The van der Waals surface area contributed by atoms with Crippen molar-refractivity contribution in [2.75, 3.05) is 0 Å². The molecule has 0 spiro atoms. The largest absolute Gasteiger partial charge is 0.480 e. The van der Waals surface area contributed by atoms with Gasteiger partial charge in [-0.2, -0.15) is 0 Å². The first-order valence-corrected chi connectivity index (χ1v) is 8.39. The lowest BCUT2D eigenvalue weighted by molar-refractivity contribution is -0.139. The van der Waals surface area contributed by atoms with E-state index in [0.29, 0.717) is 12.0 Å². The molecule has 4 N–H and O–H groups in total. The normalized spacial score (nSPS) is 12.1. The fourth-order valence-corrected chi connectivity index (χ4v) is 2.49. The van der Waals surface area contributed by atoms with Crippen LogP contribution in [0.3, 0.4) is 0 Å². The fraction of sp³-hybridized carbons (Fsp3) is 0.556. The maximum absolute atomic E-state index is 12.1. The zero-order chi connectivity index (χ0) is 17.1. The molecule has 0 heterocycles. The first-order valence-electron chi connectivity index (χ1n) is 8.39. The van der Waals surface area contributed by atoms with Crippen molar-refractivity contribution in [3.05, 3.63) is 35.4 Å². The third-order valence-electron chi connectivity index (χ3n) is 3.97. The molecular formula is C18H28N2O3. The number of rotatable bonds is 12. The molecule has 128 valence electrons. The van der Waals surface area contributed by atoms with Crippen LogP contribution in [-0.2, 0) is 11.2 Å². The maximum Gasteiger partial charge on any atom is 0.322 e. The van der Waals surface area contributed by atoms with Crippen molar-refractivity contribution in [2.45, 2.75) is 64.3 Å². The van der Waals surface area contributed by atoms with E-state index in [-0.39, 0.29) is 12.2 Å². The molecule has 0 fully saturated rings. The standard InChI is InChI=1S/C18H28N2O3/c1-2-3-4-5-6-7-8-17(21)15-11-9-14(10-12-15)13-16(20-19)18(22)23/h9-12,16,20H,2-8,13,19H2,1H3,(H,22,23). The molecule has 0 aliphatic heterocycles. The molecule has 0 aromatic heterocycles. The molecule has 1 aromatic rings. The van der Waals surface area contributed by atoms with Gasteiger partial charge in [0, 0.05) is 12.0 Å². The van der Waals surface area contributed by atoms with Crippen LogP contribution in [0.25, 0.3) is 0 Å². The second-order valence-corrected chi connectivity index (χ2v) is 5.90. The Balaban J connectivity index is 2.40. The summed E-state index contributed by atoms with van der Waals surface area (Å²) in [4.78, 5) is 23.0. The minimum absolute atomic E-state index is 0.152. The number of carboxylic acids is 1. The highest BCUT2D eigenvalue weighted by atomic mass is 16.4. The minimum Gasteiger partial charge on any atom is -0.480 e. The van der Waals surface area contributed by atoms with Crippen LogP contribution in [0.2, 0.25) is 0 Å². The van der Waals surface area contributed by atoms with Gasteiger partial charge in [0.2, 0.25) is 0 Å². The molecule has 0 saturated carbocycles. The Morgan fingerprint density at radius 3 is 2.26 bits per heavy atom. The van der Waals surface area contributed by atoms with Gasteiger partial charge in [0.1, 0.15) is 6.04 Å². The van der Waals surface area contributed by atoms with Crippen LogP contribution in [-0.4, -0.2) is 22.9 Å². The van der Waals surface area contributed by atoms with Gasteiger partial charge in [-0.1, -0.05) is 63.3 Å². The van der Waals surface area contributed by atoms with Crippen LogP contribution >= 0.6 is 0 Å². The molecule has 0 radical (unpaired) electrons. The summed E-state index contributed by atoms with van der Waals surface area (Å²) in [7, 11) is 0. The summed E-state index contributed by atoms with van der Waals surface area (Å²) in [5.41, 5.74) is 3.80. The zero-order valence-electron chi connectivity index (χ0n) is 13.9. The lowest BCUT2D eigenvalue weighted by atomic mass is 10.00. The van der Waals surface area contributed by atoms with Crippen molar-refractivity contribution < 1.29 is 14.7 Å². The number of carbonyl (C=O) groups excluding carboxylic acids is 1. The van der Waals surface area contributed by atoms with Crippen molar-refractivity contribution in [1.82, 2.24) is 5.43 Å². The molecule has 5 nitrogen and oxygen atoms in total. The van der Waals surface area contributed by atoms with Gasteiger partial charge in [0.05, 0.1) is 0 Å². The number of unbranched alkanes of at least 4 members (excludes halogenated alkanes) is 5. The summed E-state index contributed by atoms with van der Waals surface area (Å²) >= 11 is 0. The Morgan fingerprint density at radius 1 is 1.09 bits per heavy atom. The third-order valence-corrected chi connectivity index (χ3v) is 3.97. The SMILES string of the molecule is CCCCCCCCC(=O)c1ccc(CC(NN)C(=O)O)cc1. The van der Waals surface area contributed by atoms with Gasteiger partial charge in [-0.15, -0.1) is 0 Å². The molecule has 1 unspecified atom stereocenters. The fourth-order valence-electron chi connectivity index (χ4n) is 2.49. The Labute approximate surface area is 138 Å². The monoisotopic (exact) mass is 320 g/mol. The van der Waals surface area contributed by atoms with E-state index in [9.17, 15) is 9.59 Å². The molecule has 0 aliphatic rings. The number of nitrogens with two attached hydrogens (primary N) is 1. The van der Waals surface area contributed by atoms with E-state index in [0.717, 1.165) is 18.4 Å². The highest BCUT2D eigenvalue weighted by Gasteiger charge is 2.16. The minimum atomic E-state index is -0.990. The molecule has 0 saturated heterocycles. The van der Waals surface area contributed by atoms with Crippen molar-refractivity contribution in [2.24, 2.45) is 5.84 Å². The Hall–Kier alpha value is -1.72. The molecular weight excluding hydrogens is 292 g/mol. The van der Waals surface area contributed by atoms with E-state index in [2.05, 4.69) is 12.3 Å². The number of nitrogens with one attached hydrogen (secondary N) is 1. The van der Waals surface area contributed by atoms with Crippen LogP contribution in [0, 0.1) is 0 Å². The summed E-state index contributed by atoms with van der Waals surface area (Å²) in [5.74, 6) is 4.37. The van der Waals surface area contributed by atoms with Gasteiger partial charge in [-0.25, -0.2) is 5.43 Å². The highest BCUT2D eigenvalue weighted by molar-refractivity contribution is 5.96. The Bertz CT molecular complexity index is 486. The number of ketones is 1. The molecule has 0 bridgehead atoms. The predicted molar refractivity (Wildman–Crippen MR) is 91.2 cm³/mol. The van der Waals surface area contributed by atoms with Crippen molar-refractivity contribution in [3.63, 3.8) is 0 Å². The van der Waals surface area contributed by atoms with E-state index in [1.807, 2.05) is 0 Å². The van der Waals surface area contributed by atoms with Crippen LogP contribution in [0.4, 0.5) is 0 Å². The summed E-state index contributed by atoms with van der Waals surface area (Å²) in [6, 6.07) is 6.30. The molecule has 0 amide bonds. The third kappa shape index (κ3) is 7.39. The lowest BCUT2D eigenvalue weighted by Crippen LogP contribution is -2.42. The first-order chi connectivity index (χ1) is 11.1. The zero-order valence-corrected chi connectivity index (χ0v) is 13.9. The molecule has 5 heteroatoms. The number of carbonyl (C=O) groups is 2. The maximum atomic E-state index is 12.1. The van der Waals surface area contributed by atoms with Crippen LogP contribution in [0.5, 0.6) is 0 Å². The number of carboxylic acid groups (broad SMARTS) is 1. The number of benzene rings is 1. The molecule has 0 aliphatic carbocycles. The second-order valence-electron chi connectivity index (χ2n) is 5.90. The van der Waals surface area contributed by atoms with Crippen LogP contribution < -0.4 is 11.3 Å². The average Bonchev–Trinajstić information content (AvgIpc) is 2.55. The van der Waals surface area contributed by atoms with Gasteiger partial charge in [0.25, 0.3) is 0 Å². The Kier molecular flexibility index (Phi) is 9.17. The van der Waals surface area contributed by atoms with Crippen LogP contribution in [0.1, 0.15) is 67.8 Å². The van der Waals surface area contributed by atoms with Crippen molar-refractivity contribution in [3.8, 4) is 0 Å². The topological polar surface area (TPSA) is 92.4 Å². The van der Waals surface area contributed by atoms with Gasteiger partial charge < -0.3 is 5.11 Å². The number of Topliss-reactive ketones (excluding diaryl/α,β-unsaturated/α-hetero) is 1. The van der Waals surface area contributed by atoms with E-state index in [1.165, 1.54) is 25.7 Å². The van der Waals surface area contributed by atoms with Gasteiger partial charge in [-0.05, 0) is 18.4 Å². The molecule has 1 aromatic carbocycles. The second kappa shape index (κ2) is 10.9. The number of hydrogen-bond donors (Lipinski definition) is 3. The number of aliphatic carboxylic acids is 1. The summed E-state index contributed by atoms with van der Waals surface area (Å²) in [6.45, 7) is 2.19. The lowest BCUT2D eigenvalue weighted by Gasteiger charge is -2.11. The number of hydrogen-bond acceptors (Lipinski definition) is 4. The van der Waals surface area contributed by atoms with E-state index in [4.69, 9.17) is 10.9 Å². The smallest absolute Gasteiger partial charge is 0.322 e. The van der Waals surface area contributed by atoms with Gasteiger partial charge >= 0.3 is 5.97 Å². The quantitative estimate of drug-likeness (QED) is 0.238. The average molecular weight is 320 g/mol. The number of hydrazine groups is 1. The van der Waals surface area contributed by atoms with Crippen molar-refractivity contribution in [1.29, 1.82) is 0 Å². The summed E-state index contributed by atoms with van der Waals surface area (Å²) < 4.78 is 0. The van der Waals surface area contributed by atoms with Crippen LogP contribution in [0.15, 0.2) is 24.3 Å². The van der Waals surface area contributed by atoms with Crippen molar-refractivity contribution >= 4 is 11.8 Å².